The quantitative estimate of drug-likeness (QED) is 0.830. The molecule has 0 saturated carbocycles. The van der Waals surface area contributed by atoms with Crippen molar-refractivity contribution in [2.24, 2.45) is 0 Å². The zero-order valence-corrected chi connectivity index (χ0v) is 16.2. The van der Waals surface area contributed by atoms with Crippen molar-refractivity contribution in [3.05, 3.63) is 41.6 Å². The summed E-state index contributed by atoms with van der Waals surface area (Å²) in [4.78, 5) is 6.73. The fourth-order valence-electron chi connectivity index (χ4n) is 2.96. The van der Waals surface area contributed by atoms with Crippen molar-refractivity contribution in [2.45, 2.75) is 30.6 Å². The van der Waals surface area contributed by atoms with Crippen molar-refractivity contribution < 1.29 is 13.2 Å². The van der Waals surface area contributed by atoms with Crippen molar-refractivity contribution in [1.29, 1.82) is 0 Å². The van der Waals surface area contributed by atoms with E-state index in [0.29, 0.717) is 11.4 Å². The van der Waals surface area contributed by atoms with Crippen LogP contribution in [0.1, 0.15) is 25.7 Å². The molecule has 0 amide bonds. The van der Waals surface area contributed by atoms with E-state index in [4.69, 9.17) is 16.3 Å². The molecule has 1 N–H and O–H groups in total. The molecule has 3 rings (SSSR count). The molecule has 2 heterocycles. The van der Waals surface area contributed by atoms with Gasteiger partial charge >= 0.3 is 0 Å². The SMILES string of the molecule is COc1ccc(S(=O)(=O)Nc2ccc(N3CCCCCC3)nc2)cc1Cl. The Morgan fingerprint density at radius 1 is 1.12 bits per heavy atom. The highest BCUT2D eigenvalue weighted by molar-refractivity contribution is 7.92. The number of nitrogens with one attached hydrogen (secondary N) is 1. The molecule has 1 fully saturated rings. The smallest absolute Gasteiger partial charge is 0.261 e. The maximum atomic E-state index is 12.5. The molecule has 2 aromatic rings. The molecule has 1 aromatic heterocycles. The lowest BCUT2D eigenvalue weighted by molar-refractivity contribution is 0.414. The second-order valence-corrected chi connectivity index (χ2v) is 8.30. The predicted molar refractivity (Wildman–Crippen MR) is 104 cm³/mol. The molecule has 1 aliphatic rings. The van der Waals surface area contributed by atoms with Crippen LogP contribution in [0.4, 0.5) is 11.5 Å². The first-order chi connectivity index (χ1) is 12.5. The first kappa shape index (κ1) is 18.8. The lowest BCUT2D eigenvalue weighted by atomic mass is 10.2. The largest absolute Gasteiger partial charge is 0.495 e. The van der Waals surface area contributed by atoms with Gasteiger partial charge in [0.05, 0.1) is 28.9 Å². The van der Waals surface area contributed by atoms with Gasteiger partial charge in [-0.15, -0.1) is 0 Å². The van der Waals surface area contributed by atoms with Crippen molar-refractivity contribution in [3.63, 3.8) is 0 Å². The predicted octanol–water partition coefficient (Wildman–Crippen LogP) is 3.92. The highest BCUT2D eigenvalue weighted by atomic mass is 35.5. The zero-order valence-electron chi connectivity index (χ0n) is 14.6. The summed E-state index contributed by atoms with van der Waals surface area (Å²) < 4.78 is 32.7. The van der Waals surface area contributed by atoms with Crippen molar-refractivity contribution >= 4 is 33.1 Å². The summed E-state index contributed by atoms with van der Waals surface area (Å²) in [6.07, 6.45) is 6.36. The molecule has 26 heavy (non-hydrogen) atoms. The molecular weight excluding hydrogens is 374 g/mol. The van der Waals surface area contributed by atoms with Crippen LogP contribution in [0.2, 0.25) is 5.02 Å². The summed E-state index contributed by atoms with van der Waals surface area (Å²) in [6, 6.07) is 7.92. The minimum atomic E-state index is -3.75. The summed E-state index contributed by atoms with van der Waals surface area (Å²) >= 11 is 6.02. The first-order valence-electron chi connectivity index (χ1n) is 8.57. The number of hydrogen-bond acceptors (Lipinski definition) is 5. The van der Waals surface area contributed by atoms with Gasteiger partial charge in [0.2, 0.25) is 0 Å². The van der Waals surface area contributed by atoms with Gasteiger partial charge in [-0.1, -0.05) is 24.4 Å². The summed E-state index contributed by atoms with van der Waals surface area (Å²) in [6.45, 7) is 1.98. The van der Waals surface area contributed by atoms with Crippen LogP contribution in [0.3, 0.4) is 0 Å². The van der Waals surface area contributed by atoms with Crippen molar-refractivity contribution in [3.8, 4) is 5.75 Å². The fourth-order valence-corrected chi connectivity index (χ4v) is 4.35. The highest BCUT2D eigenvalue weighted by Crippen LogP contribution is 2.28. The van der Waals surface area contributed by atoms with E-state index in [0.717, 1.165) is 31.7 Å². The average molecular weight is 396 g/mol. The molecular formula is C18H22ClN3O3S. The second kappa shape index (κ2) is 8.14. The van der Waals surface area contributed by atoms with Gasteiger partial charge in [0, 0.05) is 13.1 Å². The molecule has 1 aromatic carbocycles. The molecule has 140 valence electrons. The maximum Gasteiger partial charge on any atom is 0.261 e. The van der Waals surface area contributed by atoms with Gasteiger partial charge in [-0.3, -0.25) is 4.72 Å². The minimum Gasteiger partial charge on any atom is -0.495 e. The zero-order chi connectivity index (χ0) is 18.6. The maximum absolute atomic E-state index is 12.5. The number of ether oxygens (including phenoxy) is 1. The number of methoxy groups -OCH3 is 1. The van der Waals surface area contributed by atoms with Gasteiger partial charge in [0.1, 0.15) is 11.6 Å². The number of halogens is 1. The van der Waals surface area contributed by atoms with E-state index in [1.165, 1.54) is 38.2 Å². The molecule has 0 aliphatic carbocycles. The number of benzene rings is 1. The Balaban J connectivity index is 1.74. The third kappa shape index (κ3) is 4.40. The Morgan fingerprint density at radius 3 is 2.42 bits per heavy atom. The summed E-state index contributed by atoms with van der Waals surface area (Å²) in [5.41, 5.74) is 0.413. The fraction of sp³-hybridized carbons (Fsp3) is 0.389. The monoisotopic (exact) mass is 395 g/mol. The van der Waals surface area contributed by atoms with E-state index in [1.807, 2.05) is 6.07 Å². The van der Waals surface area contributed by atoms with Crippen LogP contribution in [0.25, 0.3) is 0 Å². The van der Waals surface area contributed by atoms with E-state index in [2.05, 4.69) is 14.6 Å². The van der Waals surface area contributed by atoms with Crippen LogP contribution >= 0.6 is 11.6 Å². The van der Waals surface area contributed by atoms with E-state index < -0.39 is 10.0 Å². The molecule has 1 aliphatic heterocycles. The molecule has 0 bridgehead atoms. The molecule has 0 atom stereocenters. The number of aromatic nitrogens is 1. The summed E-state index contributed by atoms with van der Waals surface area (Å²) in [5, 5.41) is 0.241. The van der Waals surface area contributed by atoms with Gasteiger partial charge in [-0.05, 0) is 43.2 Å². The normalized spacial score (nSPS) is 15.4. The highest BCUT2D eigenvalue weighted by Gasteiger charge is 2.17. The van der Waals surface area contributed by atoms with Crippen molar-refractivity contribution in [1.82, 2.24) is 4.98 Å². The molecule has 6 nitrogen and oxygen atoms in total. The molecule has 1 saturated heterocycles. The Morgan fingerprint density at radius 2 is 1.85 bits per heavy atom. The number of anilines is 2. The third-order valence-corrected chi connectivity index (χ3v) is 6.04. The lowest BCUT2D eigenvalue weighted by Crippen LogP contribution is -2.24. The van der Waals surface area contributed by atoms with E-state index in [9.17, 15) is 8.42 Å². The molecule has 8 heteroatoms. The van der Waals surface area contributed by atoms with Gasteiger partial charge in [-0.25, -0.2) is 13.4 Å². The minimum absolute atomic E-state index is 0.0693. The van der Waals surface area contributed by atoms with E-state index >= 15 is 0 Å². The van der Waals surface area contributed by atoms with E-state index in [-0.39, 0.29) is 9.92 Å². The van der Waals surface area contributed by atoms with Crippen LogP contribution in [0.5, 0.6) is 5.75 Å². The average Bonchev–Trinajstić information content (AvgIpc) is 2.91. The lowest BCUT2D eigenvalue weighted by Gasteiger charge is -2.21. The molecule has 0 spiro atoms. The summed E-state index contributed by atoms with van der Waals surface area (Å²) in [7, 11) is -2.27. The van der Waals surface area contributed by atoms with Crippen LogP contribution < -0.4 is 14.4 Å². The van der Waals surface area contributed by atoms with E-state index in [1.54, 1.807) is 12.3 Å². The Labute approximate surface area is 159 Å². The first-order valence-corrected chi connectivity index (χ1v) is 10.4. The topological polar surface area (TPSA) is 71.5 Å². The van der Waals surface area contributed by atoms with Crippen molar-refractivity contribution in [2.75, 3.05) is 29.8 Å². The Kier molecular flexibility index (Phi) is 5.88. The summed E-state index contributed by atoms with van der Waals surface area (Å²) in [5.74, 6) is 1.30. The molecule has 0 radical (unpaired) electrons. The standard InChI is InChI=1S/C18H22ClN3O3S/c1-25-17-8-7-15(12-16(17)19)26(23,24)21-14-6-9-18(20-13-14)22-10-4-2-3-5-11-22/h6-9,12-13,21H,2-5,10-11H2,1H3. The van der Waals surface area contributed by atoms with Crippen LogP contribution in [-0.2, 0) is 10.0 Å². The Bertz CT molecular complexity index is 848. The van der Waals surface area contributed by atoms with Gasteiger partial charge in [0.25, 0.3) is 10.0 Å². The van der Waals surface area contributed by atoms with Gasteiger partial charge in [0.15, 0.2) is 0 Å². The number of rotatable bonds is 5. The number of sulfonamides is 1. The number of nitrogens with zero attached hydrogens (tertiary/aromatic N) is 2. The van der Waals surface area contributed by atoms with Crippen LogP contribution in [0.15, 0.2) is 41.4 Å². The number of pyridine rings is 1. The third-order valence-electron chi connectivity index (χ3n) is 4.36. The van der Waals surface area contributed by atoms with Crippen LogP contribution in [0, 0.1) is 0 Å². The molecule has 0 unspecified atom stereocenters. The number of hydrogen-bond donors (Lipinski definition) is 1. The van der Waals surface area contributed by atoms with Gasteiger partial charge < -0.3 is 9.64 Å². The Hall–Kier alpha value is -1.99. The van der Waals surface area contributed by atoms with Crippen LogP contribution in [-0.4, -0.2) is 33.6 Å². The second-order valence-electron chi connectivity index (χ2n) is 6.21. The van der Waals surface area contributed by atoms with Gasteiger partial charge in [-0.2, -0.15) is 0 Å².